The van der Waals surface area contributed by atoms with Crippen LogP contribution in [-0.4, -0.2) is 12.1 Å². The zero-order valence-electron chi connectivity index (χ0n) is 11.6. The number of thiazole rings is 1. The van der Waals surface area contributed by atoms with Crippen LogP contribution in [0.5, 0.6) is 0 Å². The van der Waals surface area contributed by atoms with Crippen LogP contribution in [0, 0.1) is 0 Å². The number of benzene rings is 2. The van der Waals surface area contributed by atoms with Crippen LogP contribution in [0.1, 0.15) is 11.1 Å². The van der Waals surface area contributed by atoms with Crippen molar-refractivity contribution in [1.29, 1.82) is 0 Å². The van der Waals surface area contributed by atoms with E-state index in [1.807, 2.05) is 17.6 Å². The third kappa shape index (κ3) is 3.18. The van der Waals surface area contributed by atoms with Crippen LogP contribution in [0.2, 0.25) is 5.02 Å². The SMILES string of the molecule is COCc1ccc(CNc2c(Cl)ccc3scnc23)cc1. The molecule has 0 saturated carbocycles. The molecular formula is C16H15ClN2OS. The van der Waals surface area contributed by atoms with E-state index in [2.05, 4.69) is 34.6 Å². The van der Waals surface area contributed by atoms with Crippen molar-refractivity contribution in [2.45, 2.75) is 13.2 Å². The second kappa shape index (κ2) is 6.43. The minimum atomic E-state index is 0.637. The molecule has 3 nitrogen and oxygen atoms in total. The molecule has 21 heavy (non-hydrogen) atoms. The van der Waals surface area contributed by atoms with E-state index < -0.39 is 0 Å². The Hall–Kier alpha value is -1.62. The van der Waals surface area contributed by atoms with Crippen LogP contribution >= 0.6 is 22.9 Å². The second-order valence-electron chi connectivity index (χ2n) is 4.72. The monoisotopic (exact) mass is 318 g/mol. The van der Waals surface area contributed by atoms with Crippen LogP contribution in [0.4, 0.5) is 5.69 Å². The summed E-state index contributed by atoms with van der Waals surface area (Å²) in [5.41, 5.74) is 6.03. The Morgan fingerprint density at radius 2 is 1.90 bits per heavy atom. The molecule has 0 unspecified atom stereocenters. The average Bonchev–Trinajstić information content (AvgIpc) is 2.97. The van der Waals surface area contributed by atoms with E-state index >= 15 is 0 Å². The van der Waals surface area contributed by atoms with Gasteiger partial charge in [-0.05, 0) is 23.3 Å². The highest BCUT2D eigenvalue weighted by molar-refractivity contribution is 7.16. The van der Waals surface area contributed by atoms with Gasteiger partial charge in [0.2, 0.25) is 0 Å². The molecule has 0 atom stereocenters. The lowest BCUT2D eigenvalue weighted by Crippen LogP contribution is -2.01. The van der Waals surface area contributed by atoms with Crippen molar-refractivity contribution in [3.8, 4) is 0 Å². The summed E-state index contributed by atoms with van der Waals surface area (Å²) < 4.78 is 6.25. The number of rotatable bonds is 5. The summed E-state index contributed by atoms with van der Waals surface area (Å²) in [4.78, 5) is 4.39. The smallest absolute Gasteiger partial charge is 0.106 e. The summed E-state index contributed by atoms with van der Waals surface area (Å²) in [6.45, 7) is 1.35. The molecule has 0 aliphatic carbocycles. The van der Waals surface area contributed by atoms with E-state index in [-0.39, 0.29) is 0 Å². The highest BCUT2D eigenvalue weighted by atomic mass is 35.5. The summed E-state index contributed by atoms with van der Waals surface area (Å²) >= 11 is 7.89. The number of aromatic nitrogens is 1. The maximum Gasteiger partial charge on any atom is 0.106 e. The molecule has 1 heterocycles. The number of fused-ring (bicyclic) bond motifs is 1. The number of nitrogens with zero attached hydrogens (tertiary/aromatic N) is 1. The Kier molecular flexibility index (Phi) is 4.39. The first-order chi connectivity index (χ1) is 10.3. The number of ether oxygens (including phenoxy) is 1. The highest BCUT2D eigenvalue weighted by Crippen LogP contribution is 2.32. The van der Waals surface area contributed by atoms with Crippen molar-refractivity contribution >= 4 is 38.8 Å². The first-order valence-electron chi connectivity index (χ1n) is 6.60. The van der Waals surface area contributed by atoms with Gasteiger partial charge in [0.15, 0.2) is 0 Å². The van der Waals surface area contributed by atoms with Gasteiger partial charge in [0, 0.05) is 13.7 Å². The van der Waals surface area contributed by atoms with Gasteiger partial charge in [-0.1, -0.05) is 35.9 Å². The number of methoxy groups -OCH3 is 1. The molecular weight excluding hydrogens is 304 g/mol. The Morgan fingerprint density at radius 3 is 2.67 bits per heavy atom. The van der Waals surface area contributed by atoms with E-state index in [0.717, 1.165) is 15.9 Å². The third-order valence-corrected chi connectivity index (χ3v) is 4.36. The van der Waals surface area contributed by atoms with Crippen molar-refractivity contribution in [3.05, 3.63) is 58.1 Å². The molecule has 1 N–H and O–H groups in total. The summed E-state index contributed by atoms with van der Waals surface area (Å²) in [6, 6.07) is 12.2. The van der Waals surface area contributed by atoms with E-state index in [9.17, 15) is 0 Å². The van der Waals surface area contributed by atoms with Gasteiger partial charge in [0.1, 0.15) is 5.52 Å². The molecule has 3 aromatic rings. The first-order valence-corrected chi connectivity index (χ1v) is 7.86. The predicted molar refractivity (Wildman–Crippen MR) is 89.1 cm³/mol. The zero-order chi connectivity index (χ0) is 14.7. The van der Waals surface area contributed by atoms with Crippen molar-refractivity contribution in [3.63, 3.8) is 0 Å². The first kappa shape index (κ1) is 14.3. The number of hydrogen-bond donors (Lipinski definition) is 1. The molecule has 0 fully saturated rings. The number of halogens is 1. The van der Waals surface area contributed by atoms with Gasteiger partial charge in [0.05, 0.1) is 27.5 Å². The van der Waals surface area contributed by atoms with Gasteiger partial charge in [-0.2, -0.15) is 0 Å². The fraction of sp³-hybridized carbons (Fsp3) is 0.188. The zero-order valence-corrected chi connectivity index (χ0v) is 13.2. The molecule has 0 aliphatic rings. The molecule has 0 radical (unpaired) electrons. The molecule has 1 aromatic heterocycles. The van der Waals surface area contributed by atoms with Gasteiger partial charge in [0.25, 0.3) is 0 Å². The lowest BCUT2D eigenvalue weighted by atomic mass is 10.1. The summed E-state index contributed by atoms with van der Waals surface area (Å²) in [7, 11) is 1.70. The molecule has 108 valence electrons. The molecule has 3 rings (SSSR count). The van der Waals surface area contributed by atoms with Crippen LogP contribution in [-0.2, 0) is 17.9 Å². The van der Waals surface area contributed by atoms with E-state index in [1.165, 1.54) is 11.1 Å². The molecule has 0 bridgehead atoms. The normalized spacial score (nSPS) is 11.0. The Morgan fingerprint density at radius 1 is 1.14 bits per heavy atom. The third-order valence-electron chi connectivity index (χ3n) is 3.25. The molecule has 0 saturated heterocycles. The Bertz CT molecular complexity index is 740. The molecule has 0 amide bonds. The van der Waals surface area contributed by atoms with Crippen LogP contribution < -0.4 is 5.32 Å². The topological polar surface area (TPSA) is 34.1 Å². The van der Waals surface area contributed by atoms with Gasteiger partial charge in [-0.15, -0.1) is 11.3 Å². The number of anilines is 1. The van der Waals surface area contributed by atoms with E-state index in [1.54, 1.807) is 18.4 Å². The predicted octanol–water partition coefficient (Wildman–Crippen LogP) is 4.71. The summed E-state index contributed by atoms with van der Waals surface area (Å²) in [5.74, 6) is 0. The maximum absolute atomic E-state index is 6.28. The van der Waals surface area contributed by atoms with Crippen molar-refractivity contribution in [1.82, 2.24) is 4.98 Å². The van der Waals surface area contributed by atoms with Crippen molar-refractivity contribution in [2.24, 2.45) is 0 Å². The highest BCUT2D eigenvalue weighted by Gasteiger charge is 2.08. The lowest BCUT2D eigenvalue weighted by molar-refractivity contribution is 0.185. The molecule has 0 spiro atoms. The lowest BCUT2D eigenvalue weighted by Gasteiger charge is -2.10. The Balaban J connectivity index is 1.77. The van der Waals surface area contributed by atoms with E-state index in [4.69, 9.17) is 16.3 Å². The number of nitrogens with one attached hydrogen (secondary N) is 1. The summed E-state index contributed by atoms with van der Waals surface area (Å²) in [6.07, 6.45) is 0. The Labute approximate surface area is 132 Å². The van der Waals surface area contributed by atoms with Gasteiger partial charge in [-0.3, -0.25) is 0 Å². The fourth-order valence-corrected chi connectivity index (χ4v) is 3.09. The maximum atomic E-state index is 6.28. The molecule has 5 heteroatoms. The minimum absolute atomic E-state index is 0.637. The van der Waals surface area contributed by atoms with Crippen LogP contribution in [0.3, 0.4) is 0 Å². The second-order valence-corrected chi connectivity index (χ2v) is 6.02. The number of hydrogen-bond acceptors (Lipinski definition) is 4. The van der Waals surface area contributed by atoms with Gasteiger partial charge < -0.3 is 10.1 Å². The van der Waals surface area contributed by atoms with Gasteiger partial charge in [-0.25, -0.2) is 4.98 Å². The van der Waals surface area contributed by atoms with E-state index in [0.29, 0.717) is 18.2 Å². The van der Waals surface area contributed by atoms with Crippen LogP contribution in [0.15, 0.2) is 41.9 Å². The fourth-order valence-electron chi connectivity index (χ4n) is 2.19. The van der Waals surface area contributed by atoms with Gasteiger partial charge >= 0.3 is 0 Å². The van der Waals surface area contributed by atoms with Crippen molar-refractivity contribution in [2.75, 3.05) is 12.4 Å². The van der Waals surface area contributed by atoms with Crippen molar-refractivity contribution < 1.29 is 4.74 Å². The largest absolute Gasteiger partial charge is 0.380 e. The van der Waals surface area contributed by atoms with Crippen LogP contribution in [0.25, 0.3) is 10.2 Å². The molecule has 2 aromatic carbocycles. The standard InChI is InChI=1S/C16H15ClN2OS/c1-20-9-12-4-2-11(3-5-12)8-18-15-13(17)6-7-14-16(15)19-10-21-14/h2-7,10,18H,8-9H2,1H3. The molecule has 0 aliphatic heterocycles. The average molecular weight is 319 g/mol. The quantitative estimate of drug-likeness (QED) is 0.740. The summed E-state index contributed by atoms with van der Waals surface area (Å²) in [5, 5.41) is 4.09. The minimum Gasteiger partial charge on any atom is -0.380 e.